The first-order valence-electron chi connectivity index (χ1n) is 6.12. The number of hydrogen-bond donors (Lipinski definition) is 0. The number of benzene rings is 2. The summed E-state index contributed by atoms with van der Waals surface area (Å²) >= 11 is 5.82. The Bertz CT molecular complexity index is 579. The van der Waals surface area contributed by atoms with Gasteiger partial charge in [-0.15, -0.1) is 11.6 Å². The molecule has 0 fully saturated rings. The van der Waals surface area contributed by atoms with Crippen LogP contribution in [-0.4, -0.2) is 7.11 Å². The van der Waals surface area contributed by atoms with Crippen LogP contribution in [0.4, 0.5) is 0 Å². The molecule has 0 atom stereocenters. The second kappa shape index (κ2) is 5.98. The molecule has 0 bridgehead atoms. The summed E-state index contributed by atoms with van der Waals surface area (Å²) in [6.07, 6.45) is 0. The van der Waals surface area contributed by atoms with Crippen molar-refractivity contribution in [3.63, 3.8) is 0 Å². The van der Waals surface area contributed by atoms with Gasteiger partial charge in [0.15, 0.2) is 11.5 Å². The van der Waals surface area contributed by atoms with Crippen molar-refractivity contribution >= 4 is 11.6 Å². The first-order chi connectivity index (χ1) is 9.13. The quantitative estimate of drug-likeness (QED) is 0.744. The van der Waals surface area contributed by atoms with Gasteiger partial charge in [-0.05, 0) is 48.7 Å². The zero-order valence-corrected chi connectivity index (χ0v) is 12.1. The minimum Gasteiger partial charge on any atom is -0.493 e. The third-order valence-corrected chi connectivity index (χ3v) is 3.24. The van der Waals surface area contributed by atoms with Crippen LogP contribution in [0.2, 0.25) is 0 Å². The van der Waals surface area contributed by atoms with E-state index in [1.165, 1.54) is 0 Å². The van der Waals surface area contributed by atoms with Gasteiger partial charge in [0.1, 0.15) is 5.75 Å². The van der Waals surface area contributed by atoms with Crippen molar-refractivity contribution in [3.05, 3.63) is 53.1 Å². The summed E-state index contributed by atoms with van der Waals surface area (Å²) < 4.78 is 11.3. The number of methoxy groups -OCH3 is 1. The average Bonchev–Trinajstić information content (AvgIpc) is 2.42. The molecule has 19 heavy (non-hydrogen) atoms. The molecule has 0 saturated carbocycles. The maximum atomic E-state index is 5.92. The van der Waals surface area contributed by atoms with Crippen LogP contribution in [-0.2, 0) is 5.88 Å². The molecule has 0 N–H and O–H groups in total. The van der Waals surface area contributed by atoms with Crippen molar-refractivity contribution < 1.29 is 9.47 Å². The minimum absolute atomic E-state index is 0.509. The van der Waals surface area contributed by atoms with Gasteiger partial charge in [-0.2, -0.15) is 0 Å². The summed E-state index contributed by atoms with van der Waals surface area (Å²) in [5.41, 5.74) is 3.28. The molecule has 0 amide bonds. The van der Waals surface area contributed by atoms with E-state index in [1.54, 1.807) is 7.11 Å². The molecule has 2 rings (SSSR count). The Hall–Kier alpha value is -1.67. The zero-order valence-electron chi connectivity index (χ0n) is 11.4. The van der Waals surface area contributed by atoms with E-state index in [4.69, 9.17) is 21.1 Å². The van der Waals surface area contributed by atoms with E-state index in [0.29, 0.717) is 5.88 Å². The Kier molecular flexibility index (Phi) is 4.33. The number of ether oxygens (including phenoxy) is 2. The first-order valence-corrected chi connectivity index (χ1v) is 6.65. The molecule has 0 aliphatic carbocycles. The summed E-state index contributed by atoms with van der Waals surface area (Å²) in [6.45, 7) is 4.03. The first kappa shape index (κ1) is 13.8. The predicted octanol–water partition coefficient (Wildman–Crippen LogP) is 4.84. The Morgan fingerprint density at radius 2 is 1.68 bits per heavy atom. The van der Waals surface area contributed by atoms with E-state index in [9.17, 15) is 0 Å². The highest BCUT2D eigenvalue weighted by Gasteiger charge is 2.08. The molecule has 0 heterocycles. The number of hydrogen-bond acceptors (Lipinski definition) is 2. The summed E-state index contributed by atoms with van der Waals surface area (Å²) in [7, 11) is 1.64. The van der Waals surface area contributed by atoms with Gasteiger partial charge in [0.05, 0.1) is 7.11 Å². The van der Waals surface area contributed by atoms with Crippen molar-refractivity contribution in [2.45, 2.75) is 19.7 Å². The lowest BCUT2D eigenvalue weighted by Crippen LogP contribution is -1.93. The van der Waals surface area contributed by atoms with Crippen LogP contribution in [0.25, 0.3) is 0 Å². The second-order valence-electron chi connectivity index (χ2n) is 4.49. The van der Waals surface area contributed by atoms with E-state index in [2.05, 4.69) is 0 Å². The molecule has 2 aromatic rings. The monoisotopic (exact) mass is 276 g/mol. The SMILES string of the molecule is COc1cc(C)ccc1Oc1ccc(CCl)cc1C. The fourth-order valence-electron chi connectivity index (χ4n) is 1.89. The third-order valence-electron chi connectivity index (χ3n) is 2.93. The van der Waals surface area contributed by atoms with E-state index in [1.807, 2.05) is 50.2 Å². The van der Waals surface area contributed by atoms with Crippen LogP contribution in [0.5, 0.6) is 17.2 Å². The van der Waals surface area contributed by atoms with Crippen LogP contribution in [0, 0.1) is 13.8 Å². The van der Waals surface area contributed by atoms with Crippen LogP contribution in [0.15, 0.2) is 36.4 Å². The van der Waals surface area contributed by atoms with Crippen molar-refractivity contribution in [2.24, 2.45) is 0 Å². The Labute approximate surface area is 118 Å². The van der Waals surface area contributed by atoms with E-state index in [-0.39, 0.29) is 0 Å². The average molecular weight is 277 g/mol. The van der Waals surface area contributed by atoms with E-state index >= 15 is 0 Å². The molecule has 0 aromatic heterocycles. The van der Waals surface area contributed by atoms with Gasteiger partial charge in [-0.25, -0.2) is 0 Å². The lowest BCUT2D eigenvalue weighted by atomic mass is 10.1. The van der Waals surface area contributed by atoms with Crippen molar-refractivity contribution in [1.82, 2.24) is 0 Å². The van der Waals surface area contributed by atoms with Crippen LogP contribution in [0.1, 0.15) is 16.7 Å². The van der Waals surface area contributed by atoms with Gasteiger partial charge < -0.3 is 9.47 Å². The van der Waals surface area contributed by atoms with E-state index in [0.717, 1.165) is 33.9 Å². The topological polar surface area (TPSA) is 18.5 Å². The minimum atomic E-state index is 0.509. The fourth-order valence-corrected chi connectivity index (χ4v) is 2.05. The molecular formula is C16H17ClO2. The summed E-state index contributed by atoms with van der Waals surface area (Å²) in [5, 5.41) is 0. The molecule has 0 spiro atoms. The van der Waals surface area contributed by atoms with Gasteiger partial charge in [0, 0.05) is 5.88 Å². The fraction of sp³-hybridized carbons (Fsp3) is 0.250. The van der Waals surface area contributed by atoms with Gasteiger partial charge in [0.25, 0.3) is 0 Å². The molecule has 0 aliphatic heterocycles. The summed E-state index contributed by atoms with van der Waals surface area (Å²) in [6, 6.07) is 11.8. The van der Waals surface area contributed by atoms with Crippen LogP contribution < -0.4 is 9.47 Å². The number of halogens is 1. The molecular weight excluding hydrogens is 260 g/mol. The molecule has 0 unspecified atom stereocenters. The second-order valence-corrected chi connectivity index (χ2v) is 4.76. The third kappa shape index (κ3) is 3.21. The Morgan fingerprint density at radius 3 is 2.32 bits per heavy atom. The number of aryl methyl sites for hydroxylation is 2. The Morgan fingerprint density at radius 1 is 0.947 bits per heavy atom. The lowest BCUT2D eigenvalue weighted by molar-refractivity contribution is 0.378. The van der Waals surface area contributed by atoms with Gasteiger partial charge in [-0.1, -0.05) is 18.2 Å². The number of alkyl halides is 1. The highest BCUT2D eigenvalue weighted by Crippen LogP contribution is 2.33. The van der Waals surface area contributed by atoms with Crippen molar-refractivity contribution in [3.8, 4) is 17.2 Å². The zero-order chi connectivity index (χ0) is 13.8. The summed E-state index contributed by atoms with van der Waals surface area (Å²) in [5.74, 6) is 2.78. The molecule has 0 radical (unpaired) electrons. The molecule has 3 heteroatoms. The van der Waals surface area contributed by atoms with Crippen molar-refractivity contribution in [1.29, 1.82) is 0 Å². The highest BCUT2D eigenvalue weighted by atomic mass is 35.5. The number of rotatable bonds is 4. The normalized spacial score (nSPS) is 10.3. The van der Waals surface area contributed by atoms with Gasteiger partial charge >= 0.3 is 0 Å². The van der Waals surface area contributed by atoms with Crippen LogP contribution >= 0.6 is 11.6 Å². The van der Waals surface area contributed by atoms with Crippen molar-refractivity contribution in [2.75, 3.05) is 7.11 Å². The van der Waals surface area contributed by atoms with E-state index < -0.39 is 0 Å². The lowest BCUT2D eigenvalue weighted by Gasteiger charge is -2.13. The molecule has 0 aliphatic rings. The van der Waals surface area contributed by atoms with Gasteiger partial charge in [-0.3, -0.25) is 0 Å². The standard InChI is InChI=1S/C16H17ClO2/c1-11-4-6-15(16(8-11)18-3)19-14-7-5-13(10-17)9-12(14)2/h4-9H,10H2,1-3H3. The maximum absolute atomic E-state index is 5.92. The maximum Gasteiger partial charge on any atom is 0.169 e. The van der Waals surface area contributed by atoms with Gasteiger partial charge in [0.2, 0.25) is 0 Å². The predicted molar refractivity (Wildman–Crippen MR) is 78.5 cm³/mol. The molecule has 0 saturated heterocycles. The smallest absolute Gasteiger partial charge is 0.169 e. The largest absolute Gasteiger partial charge is 0.493 e. The molecule has 2 aromatic carbocycles. The molecule has 100 valence electrons. The highest BCUT2D eigenvalue weighted by molar-refractivity contribution is 6.17. The summed E-state index contributed by atoms with van der Waals surface area (Å²) in [4.78, 5) is 0. The Balaban J connectivity index is 2.31. The van der Waals surface area contributed by atoms with Crippen LogP contribution in [0.3, 0.4) is 0 Å². The molecule has 2 nitrogen and oxygen atoms in total.